The molecule has 0 spiro atoms. The van der Waals surface area contributed by atoms with E-state index < -0.39 is 5.82 Å². The molecule has 0 radical (unpaired) electrons. The largest absolute Gasteiger partial charge is 0.494 e. The molecule has 1 aromatic carbocycles. The van der Waals surface area contributed by atoms with Gasteiger partial charge in [-0.2, -0.15) is 0 Å². The van der Waals surface area contributed by atoms with E-state index in [1.54, 1.807) is 6.07 Å². The van der Waals surface area contributed by atoms with Gasteiger partial charge in [0, 0.05) is 11.6 Å². The SMILES string of the molecule is COc1ccc(-c2cc(=O)[nH]c(=S)[nH]2)cc1F. The van der Waals surface area contributed by atoms with E-state index in [9.17, 15) is 9.18 Å². The molecule has 2 aromatic rings. The number of aromatic amines is 2. The Morgan fingerprint density at radius 2 is 2.06 bits per heavy atom. The van der Waals surface area contributed by atoms with E-state index in [2.05, 4.69) is 9.97 Å². The van der Waals surface area contributed by atoms with Crippen molar-refractivity contribution in [1.29, 1.82) is 0 Å². The van der Waals surface area contributed by atoms with Gasteiger partial charge in [-0.1, -0.05) is 0 Å². The number of halogens is 1. The maximum Gasteiger partial charge on any atom is 0.252 e. The molecule has 0 aliphatic heterocycles. The number of hydrogen-bond donors (Lipinski definition) is 2. The molecule has 6 heteroatoms. The van der Waals surface area contributed by atoms with E-state index in [1.807, 2.05) is 0 Å². The molecule has 0 aliphatic rings. The summed E-state index contributed by atoms with van der Waals surface area (Å²) in [5.74, 6) is -0.346. The van der Waals surface area contributed by atoms with Crippen molar-refractivity contribution in [1.82, 2.24) is 9.97 Å². The normalized spacial score (nSPS) is 10.2. The molecule has 0 atom stereocenters. The quantitative estimate of drug-likeness (QED) is 0.806. The minimum absolute atomic E-state index is 0.150. The topological polar surface area (TPSA) is 57.9 Å². The van der Waals surface area contributed by atoms with Crippen molar-refractivity contribution in [2.45, 2.75) is 0 Å². The minimum Gasteiger partial charge on any atom is -0.494 e. The summed E-state index contributed by atoms with van der Waals surface area (Å²) in [6.07, 6.45) is 0. The molecular formula is C11H9FN2O2S. The van der Waals surface area contributed by atoms with E-state index in [1.165, 1.54) is 25.3 Å². The lowest BCUT2D eigenvalue weighted by Crippen LogP contribution is -2.06. The Labute approximate surface area is 101 Å². The molecule has 88 valence electrons. The van der Waals surface area contributed by atoms with Gasteiger partial charge in [-0.15, -0.1) is 0 Å². The molecule has 2 rings (SSSR count). The van der Waals surface area contributed by atoms with E-state index in [0.29, 0.717) is 11.3 Å². The molecule has 0 amide bonds. The van der Waals surface area contributed by atoms with Crippen LogP contribution in [-0.4, -0.2) is 17.1 Å². The first-order chi connectivity index (χ1) is 8.10. The van der Waals surface area contributed by atoms with Gasteiger partial charge in [0.05, 0.1) is 12.8 Å². The Hall–Kier alpha value is -1.95. The van der Waals surface area contributed by atoms with Crippen molar-refractivity contribution in [3.8, 4) is 17.0 Å². The maximum absolute atomic E-state index is 13.5. The molecule has 0 aliphatic carbocycles. The van der Waals surface area contributed by atoms with E-state index in [4.69, 9.17) is 17.0 Å². The van der Waals surface area contributed by atoms with Crippen LogP contribution in [0.15, 0.2) is 29.1 Å². The van der Waals surface area contributed by atoms with Gasteiger partial charge in [-0.25, -0.2) is 4.39 Å². The lowest BCUT2D eigenvalue weighted by Gasteiger charge is -2.05. The van der Waals surface area contributed by atoms with Crippen LogP contribution in [0, 0.1) is 10.6 Å². The molecule has 0 bridgehead atoms. The number of H-pyrrole nitrogens is 2. The third-order valence-corrected chi connectivity index (χ3v) is 2.43. The van der Waals surface area contributed by atoms with Crippen molar-refractivity contribution in [3.63, 3.8) is 0 Å². The van der Waals surface area contributed by atoms with Crippen LogP contribution < -0.4 is 10.3 Å². The molecule has 0 fully saturated rings. The predicted octanol–water partition coefficient (Wildman–Crippen LogP) is 2.25. The fourth-order valence-corrected chi connectivity index (χ4v) is 1.67. The highest BCUT2D eigenvalue weighted by Gasteiger charge is 2.06. The van der Waals surface area contributed by atoms with Crippen LogP contribution in [-0.2, 0) is 0 Å². The number of nitrogens with one attached hydrogen (secondary N) is 2. The zero-order chi connectivity index (χ0) is 12.4. The standard InChI is InChI=1S/C11H9FN2O2S/c1-16-9-3-2-6(4-7(9)12)8-5-10(15)14-11(17)13-8/h2-5H,1H3,(H2,13,14,15,17). The highest BCUT2D eigenvalue weighted by Crippen LogP contribution is 2.23. The van der Waals surface area contributed by atoms with Crippen LogP contribution in [0.4, 0.5) is 4.39 Å². The third-order valence-electron chi connectivity index (χ3n) is 2.22. The summed E-state index contributed by atoms with van der Waals surface area (Å²) >= 11 is 4.84. The molecule has 2 N–H and O–H groups in total. The smallest absolute Gasteiger partial charge is 0.252 e. The molecule has 1 heterocycles. The number of rotatable bonds is 2. The highest BCUT2D eigenvalue weighted by atomic mass is 32.1. The molecule has 0 unspecified atom stereocenters. The van der Waals surface area contributed by atoms with Gasteiger partial charge < -0.3 is 9.72 Å². The summed E-state index contributed by atoms with van der Waals surface area (Å²) in [7, 11) is 1.39. The average molecular weight is 252 g/mol. The van der Waals surface area contributed by atoms with E-state index in [-0.39, 0.29) is 16.1 Å². The first kappa shape index (κ1) is 11.5. The van der Waals surface area contributed by atoms with Gasteiger partial charge in [-0.3, -0.25) is 9.78 Å². The Morgan fingerprint density at radius 1 is 1.29 bits per heavy atom. The maximum atomic E-state index is 13.5. The van der Waals surface area contributed by atoms with Crippen molar-refractivity contribution in [2.24, 2.45) is 0 Å². The average Bonchev–Trinajstić information content (AvgIpc) is 2.27. The van der Waals surface area contributed by atoms with Gasteiger partial charge in [0.15, 0.2) is 16.3 Å². The Morgan fingerprint density at radius 3 is 2.65 bits per heavy atom. The number of aromatic nitrogens is 2. The van der Waals surface area contributed by atoms with E-state index >= 15 is 0 Å². The van der Waals surface area contributed by atoms with Crippen LogP contribution in [0.3, 0.4) is 0 Å². The van der Waals surface area contributed by atoms with Gasteiger partial charge in [0.25, 0.3) is 5.56 Å². The fourth-order valence-electron chi connectivity index (χ4n) is 1.46. The second-order valence-electron chi connectivity index (χ2n) is 3.35. The first-order valence-corrected chi connectivity index (χ1v) is 5.18. The third kappa shape index (κ3) is 2.42. The summed E-state index contributed by atoms with van der Waals surface area (Å²) in [6, 6.07) is 5.72. The Balaban J connectivity index is 2.57. The second kappa shape index (κ2) is 4.50. The monoisotopic (exact) mass is 252 g/mol. The predicted molar refractivity (Wildman–Crippen MR) is 64.2 cm³/mol. The van der Waals surface area contributed by atoms with E-state index in [0.717, 1.165) is 0 Å². The van der Waals surface area contributed by atoms with Gasteiger partial charge in [-0.05, 0) is 30.4 Å². The van der Waals surface area contributed by atoms with Crippen LogP contribution in [0.5, 0.6) is 5.75 Å². The molecule has 0 saturated carbocycles. The molecule has 4 nitrogen and oxygen atoms in total. The lowest BCUT2D eigenvalue weighted by molar-refractivity contribution is 0.386. The minimum atomic E-state index is -0.496. The lowest BCUT2D eigenvalue weighted by atomic mass is 10.1. The van der Waals surface area contributed by atoms with Crippen molar-refractivity contribution < 1.29 is 9.13 Å². The van der Waals surface area contributed by atoms with Gasteiger partial charge >= 0.3 is 0 Å². The molecule has 17 heavy (non-hydrogen) atoms. The zero-order valence-electron chi connectivity index (χ0n) is 8.91. The zero-order valence-corrected chi connectivity index (χ0v) is 9.73. The second-order valence-corrected chi connectivity index (χ2v) is 3.76. The fraction of sp³-hybridized carbons (Fsp3) is 0.0909. The van der Waals surface area contributed by atoms with Crippen LogP contribution in [0.25, 0.3) is 11.3 Å². The van der Waals surface area contributed by atoms with Gasteiger partial charge in [0.2, 0.25) is 0 Å². The van der Waals surface area contributed by atoms with Crippen molar-refractivity contribution in [3.05, 3.63) is 45.2 Å². The summed E-state index contributed by atoms with van der Waals surface area (Å²) in [6.45, 7) is 0. The number of hydrogen-bond acceptors (Lipinski definition) is 3. The molecular weight excluding hydrogens is 243 g/mol. The van der Waals surface area contributed by atoms with Crippen LogP contribution >= 0.6 is 12.2 Å². The van der Waals surface area contributed by atoms with Crippen LogP contribution in [0.1, 0.15) is 0 Å². The van der Waals surface area contributed by atoms with Gasteiger partial charge in [0.1, 0.15) is 0 Å². The van der Waals surface area contributed by atoms with Crippen molar-refractivity contribution in [2.75, 3.05) is 7.11 Å². The Kier molecular flexibility index (Phi) is 3.06. The number of benzene rings is 1. The molecule has 1 aromatic heterocycles. The van der Waals surface area contributed by atoms with Crippen molar-refractivity contribution >= 4 is 12.2 Å². The first-order valence-electron chi connectivity index (χ1n) is 4.77. The number of methoxy groups -OCH3 is 1. The number of ether oxygens (including phenoxy) is 1. The Bertz CT molecular complexity index is 635. The summed E-state index contributed by atoms with van der Waals surface area (Å²) in [4.78, 5) is 16.4. The highest BCUT2D eigenvalue weighted by molar-refractivity contribution is 7.71. The summed E-state index contributed by atoms with van der Waals surface area (Å²) < 4.78 is 18.5. The summed E-state index contributed by atoms with van der Waals surface area (Å²) in [5, 5.41) is 0. The summed E-state index contributed by atoms with van der Waals surface area (Å²) in [5.41, 5.74) is 0.653. The van der Waals surface area contributed by atoms with Crippen LogP contribution in [0.2, 0.25) is 0 Å². The molecule has 0 saturated heterocycles.